The molecule has 0 unspecified atom stereocenters. The first-order valence-corrected chi connectivity index (χ1v) is 9.69. The number of hydrogen-bond donors (Lipinski definition) is 1. The molecule has 3 aromatic rings. The van der Waals surface area contributed by atoms with Gasteiger partial charge in [-0.05, 0) is 37.6 Å². The second kappa shape index (κ2) is 9.36. The molecule has 28 heavy (non-hydrogen) atoms. The third kappa shape index (κ3) is 5.32. The fourth-order valence-electron chi connectivity index (χ4n) is 2.50. The molecule has 0 aliphatic heterocycles. The van der Waals surface area contributed by atoms with Gasteiger partial charge in [0.15, 0.2) is 0 Å². The lowest BCUT2D eigenvalue weighted by Gasteiger charge is -2.10. The van der Waals surface area contributed by atoms with E-state index in [1.54, 1.807) is 18.2 Å². The number of halogens is 1. The molecule has 1 heterocycles. The number of ether oxygens (including phenoxy) is 1. The third-order valence-corrected chi connectivity index (χ3v) is 4.67. The van der Waals surface area contributed by atoms with Gasteiger partial charge in [-0.1, -0.05) is 41.6 Å². The molecule has 0 saturated heterocycles. The quantitative estimate of drug-likeness (QED) is 0.457. The Hall–Kier alpha value is -2.87. The van der Waals surface area contributed by atoms with Gasteiger partial charge in [0.25, 0.3) is 11.1 Å². The summed E-state index contributed by atoms with van der Waals surface area (Å²) in [6.45, 7) is 4.77. The van der Waals surface area contributed by atoms with E-state index >= 15 is 0 Å². The van der Waals surface area contributed by atoms with Gasteiger partial charge in [-0.15, -0.1) is 10.2 Å². The van der Waals surface area contributed by atoms with Crippen molar-refractivity contribution in [1.29, 1.82) is 0 Å². The van der Waals surface area contributed by atoms with Crippen LogP contribution in [0.1, 0.15) is 11.1 Å². The summed E-state index contributed by atoms with van der Waals surface area (Å²) in [5.41, 5.74) is 2.47. The van der Waals surface area contributed by atoms with Gasteiger partial charge in [-0.25, -0.2) is 4.39 Å². The molecule has 0 fully saturated rings. The van der Waals surface area contributed by atoms with Crippen LogP contribution >= 0.6 is 11.8 Å². The normalized spacial score (nSPS) is 10.7. The maximum atomic E-state index is 13.7. The topological polar surface area (TPSA) is 77.2 Å². The van der Waals surface area contributed by atoms with E-state index in [2.05, 4.69) is 15.5 Å². The average Bonchev–Trinajstić information content (AvgIpc) is 3.14. The molecule has 6 nitrogen and oxygen atoms in total. The zero-order valence-electron chi connectivity index (χ0n) is 15.6. The number of hydrogen-bond acceptors (Lipinski definition) is 6. The molecule has 2 aromatic carbocycles. The number of nitrogens with zero attached hydrogens (tertiary/aromatic N) is 2. The van der Waals surface area contributed by atoms with Crippen molar-refractivity contribution < 1.29 is 18.3 Å². The van der Waals surface area contributed by atoms with Crippen molar-refractivity contribution in [1.82, 2.24) is 15.5 Å². The smallest absolute Gasteiger partial charge is 0.277 e. The maximum absolute atomic E-state index is 13.7. The molecule has 0 aliphatic rings. The van der Waals surface area contributed by atoms with Crippen molar-refractivity contribution >= 4 is 17.7 Å². The minimum atomic E-state index is -0.441. The number of aromatic nitrogens is 2. The molecular weight excluding hydrogens is 381 g/mol. The third-order valence-electron chi connectivity index (χ3n) is 3.85. The molecule has 0 radical (unpaired) electrons. The van der Waals surface area contributed by atoms with Gasteiger partial charge in [-0.2, -0.15) is 0 Å². The highest BCUT2D eigenvalue weighted by Crippen LogP contribution is 2.24. The van der Waals surface area contributed by atoms with E-state index in [1.165, 1.54) is 11.6 Å². The summed E-state index contributed by atoms with van der Waals surface area (Å²) in [7, 11) is 0. The number of thioether (sulfide) groups is 1. The molecule has 146 valence electrons. The monoisotopic (exact) mass is 401 g/mol. The second-order valence-corrected chi connectivity index (χ2v) is 7.04. The first kappa shape index (κ1) is 19.9. The van der Waals surface area contributed by atoms with Gasteiger partial charge in [0, 0.05) is 0 Å². The molecule has 0 spiro atoms. The van der Waals surface area contributed by atoms with Crippen LogP contribution in [0, 0.1) is 19.7 Å². The van der Waals surface area contributed by atoms with Gasteiger partial charge < -0.3 is 14.5 Å². The Balaban J connectivity index is 1.41. The van der Waals surface area contributed by atoms with E-state index in [-0.39, 0.29) is 28.3 Å². The maximum Gasteiger partial charge on any atom is 0.277 e. The van der Waals surface area contributed by atoms with Crippen molar-refractivity contribution in [3.8, 4) is 17.2 Å². The number of rotatable bonds is 8. The van der Waals surface area contributed by atoms with Crippen LogP contribution in [0.3, 0.4) is 0 Å². The molecular formula is C20H20FN3O3S. The van der Waals surface area contributed by atoms with Gasteiger partial charge in [-0.3, -0.25) is 4.79 Å². The molecule has 8 heteroatoms. The van der Waals surface area contributed by atoms with Gasteiger partial charge in [0.2, 0.25) is 5.91 Å². The Morgan fingerprint density at radius 3 is 2.82 bits per heavy atom. The molecule has 0 atom stereocenters. The van der Waals surface area contributed by atoms with Gasteiger partial charge >= 0.3 is 0 Å². The van der Waals surface area contributed by atoms with Crippen LogP contribution in [0.4, 0.5) is 4.39 Å². The van der Waals surface area contributed by atoms with Gasteiger partial charge in [0.1, 0.15) is 18.2 Å². The van der Waals surface area contributed by atoms with E-state index in [0.717, 1.165) is 23.1 Å². The largest absolute Gasteiger partial charge is 0.491 e. The molecule has 0 saturated carbocycles. The summed E-state index contributed by atoms with van der Waals surface area (Å²) in [6.07, 6.45) is 0. The van der Waals surface area contributed by atoms with Crippen molar-refractivity contribution in [2.45, 2.75) is 19.1 Å². The minimum Gasteiger partial charge on any atom is -0.491 e. The number of amides is 1. The Morgan fingerprint density at radius 2 is 2.04 bits per heavy atom. The average molecular weight is 401 g/mol. The van der Waals surface area contributed by atoms with Crippen molar-refractivity contribution in [2.24, 2.45) is 0 Å². The summed E-state index contributed by atoms with van der Waals surface area (Å²) < 4.78 is 24.8. The van der Waals surface area contributed by atoms with Crippen LogP contribution in [0.2, 0.25) is 0 Å². The van der Waals surface area contributed by atoms with Crippen molar-refractivity contribution in [3.05, 3.63) is 59.4 Å². The summed E-state index contributed by atoms with van der Waals surface area (Å²) in [4.78, 5) is 11.9. The second-order valence-electron chi connectivity index (χ2n) is 6.11. The van der Waals surface area contributed by atoms with E-state index in [0.29, 0.717) is 13.2 Å². The molecule has 0 bridgehead atoms. The number of carbonyl (C=O) groups excluding carboxylic acids is 1. The van der Waals surface area contributed by atoms with E-state index in [4.69, 9.17) is 9.15 Å². The highest BCUT2D eigenvalue weighted by molar-refractivity contribution is 7.99. The predicted octanol–water partition coefficient (Wildman–Crippen LogP) is 3.78. The van der Waals surface area contributed by atoms with Gasteiger partial charge in [0.05, 0.1) is 17.9 Å². The summed E-state index contributed by atoms with van der Waals surface area (Å²) in [5.74, 6) is 0.385. The highest BCUT2D eigenvalue weighted by atomic mass is 32.2. The Bertz CT molecular complexity index is 961. The standard InChI is InChI=1S/C20H20FN3O3S/c1-13-7-8-17(14(2)11-13)26-10-9-22-18(25)12-28-20-24-23-19(27-20)15-5-3-4-6-16(15)21/h3-8,11H,9-10,12H2,1-2H3,(H,22,25). The van der Waals surface area contributed by atoms with E-state index in [1.807, 2.05) is 32.0 Å². The first-order chi connectivity index (χ1) is 13.5. The Labute approximate surface area is 166 Å². The van der Waals surface area contributed by atoms with E-state index in [9.17, 15) is 9.18 Å². The van der Waals surface area contributed by atoms with Crippen molar-refractivity contribution in [2.75, 3.05) is 18.9 Å². The van der Waals surface area contributed by atoms with E-state index < -0.39 is 5.82 Å². The Kier molecular flexibility index (Phi) is 6.65. The van der Waals surface area contributed by atoms with Crippen LogP contribution in [0.15, 0.2) is 52.1 Å². The lowest BCUT2D eigenvalue weighted by Crippen LogP contribution is -2.29. The van der Waals surface area contributed by atoms with Crippen LogP contribution in [-0.4, -0.2) is 35.0 Å². The number of nitrogens with one attached hydrogen (secondary N) is 1. The zero-order valence-corrected chi connectivity index (χ0v) is 16.4. The van der Waals surface area contributed by atoms with Crippen molar-refractivity contribution in [3.63, 3.8) is 0 Å². The van der Waals surface area contributed by atoms with Crippen LogP contribution in [-0.2, 0) is 4.79 Å². The predicted molar refractivity (Wildman–Crippen MR) is 105 cm³/mol. The molecule has 3 rings (SSSR count). The molecule has 1 amide bonds. The fraction of sp³-hybridized carbons (Fsp3) is 0.250. The summed E-state index contributed by atoms with van der Waals surface area (Å²) in [6, 6.07) is 12.1. The van der Waals surface area contributed by atoms with Crippen LogP contribution in [0.25, 0.3) is 11.5 Å². The minimum absolute atomic E-state index is 0.0860. The zero-order chi connectivity index (χ0) is 19.9. The number of benzene rings is 2. The molecule has 1 aromatic heterocycles. The fourth-order valence-corrected chi connectivity index (χ4v) is 3.10. The lowest BCUT2D eigenvalue weighted by atomic mass is 10.1. The molecule has 1 N–H and O–H groups in total. The summed E-state index contributed by atoms with van der Waals surface area (Å²) >= 11 is 1.09. The van der Waals surface area contributed by atoms with Crippen LogP contribution < -0.4 is 10.1 Å². The summed E-state index contributed by atoms with van der Waals surface area (Å²) in [5, 5.41) is 10.6. The Morgan fingerprint density at radius 1 is 1.21 bits per heavy atom. The SMILES string of the molecule is Cc1ccc(OCCNC(=O)CSc2nnc(-c3ccccc3F)o2)c(C)c1. The van der Waals surface area contributed by atoms with Crippen LogP contribution in [0.5, 0.6) is 5.75 Å². The first-order valence-electron chi connectivity index (χ1n) is 8.71. The lowest BCUT2D eigenvalue weighted by molar-refractivity contribution is -0.118. The molecule has 0 aliphatic carbocycles. The highest BCUT2D eigenvalue weighted by Gasteiger charge is 2.13. The number of carbonyl (C=O) groups is 1. The number of aryl methyl sites for hydroxylation is 2.